The van der Waals surface area contributed by atoms with Crippen LogP contribution in [0.3, 0.4) is 0 Å². The highest BCUT2D eigenvalue weighted by Crippen LogP contribution is 2.40. The van der Waals surface area contributed by atoms with Crippen LogP contribution in [0.25, 0.3) is 0 Å². The number of hydrogen-bond donors (Lipinski definition) is 2. The molecule has 0 aromatic heterocycles. The summed E-state index contributed by atoms with van der Waals surface area (Å²) in [5.41, 5.74) is 5.97. The van der Waals surface area contributed by atoms with Crippen molar-refractivity contribution < 1.29 is 14.7 Å². The van der Waals surface area contributed by atoms with Crippen LogP contribution in [0.5, 0.6) is 0 Å². The molecule has 1 aliphatic carbocycles. The van der Waals surface area contributed by atoms with Gasteiger partial charge in [0, 0.05) is 6.04 Å². The van der Waals surface area contributed by atoms with E-state index >= 15 is 0 Å². The normalized spacial score (nSPS) is 30.9. The standard InChI is InChI=1S/C14H24N2O3S/c1-20-7-6-10(15)13(17)16-11-5-3-2-4-9(11)8-12(16)14(18)19/h9-12H,2-8,15H2,1H3,(H,18,19)/t9?,10-,11?,12?/m1/s1. The van der Waals surface area contributed by atoms with Gasteiger partial charge in [-0.05, 0) is 43.6 Å². The monoisotopic (exact) mass is 300 g/mol. The molecular weight excluding hydrogens is 276 g/mol. The van der Waals surface area contributed by atoms with Gasteiger partial charge in [-0.15, -0.1) is 0 Å². The smallest absolute Gasteiger partial charge is 0.326 e. The van der Waals surface area contributed by atoms with Gasteiger partial charge in [0.1, 0.15) is 6.04 Å². The summed E-state index contributed by atoms with van der Waals surface area (Å²) in [6.45, 7) is 0. The summed E-state index contributed by atoms with van der Waals surface area (Å²) >= 11 is 1.65. The number of carboxylic acids is 1. The number of carbonyl (C=O) groups excluding carboxylic acids is 1. The van der Waals surface area contributed by atoms with E-state index in [0.29, 0.717) is 18.8 Å². The van der Waals surface area contributed by atoms with Gasteiger partial charge >= 0.3 is 5.97 Å². The first-order valence-corrected chi connectivity index (χ1v) is 8.75. The van der Waals surface area contributed by atoms with Gasteiger partial charge in [0.05, 0.1) is 6.04 Å². The number of nitrogens with two attached hydrogens (primary N) is 1. The molecule has 20 heavy (non-hydrogen) atoms. The van der Waals surface area contributed by atoms with Crippen molar-refractivity contribution in [2.24, 2.45) is 11.7 Å². The first kappa shape index (κ1) is 15.6. The molecule has 1 amide bonds. The van der Waals surface area contributed by atoms with Crippen molar-refractivity contribution in [2.45, 2.75) is 56.7 Å². The zero-order valence-corrected chi connectivity index (χ0v) is 12.8. The van der Waals surface area contributed by atoms with Crippen LogP contribution in [0.15, 0.2) is 0 Å². The molecule has 0 spiro atoms. The number of aliphatic carboxylic acids is 1. The number of likely N-dealkylation sites (tertiary alicyclic amines) is 1. The van der Waals surface area contributed by atoms with E-state index in [-0.39, 0.29) is 11.9 Å². The highest BCUT2D eigenvalue weighted by molar-refractivity contribution is 7.98. The van der Waals surface area contributed by atoms with Crippen LogP contribution in [0, 0.1) is 5.92 Å². The lowest BCUT2D eigenvalue weighted by atomic mass is 9.84. The first-order chi connectivity index (χ1) is 9.56. The molecule has 1 heterocycles. The quantitative estimate of drug-likeness (QED) is 0.800. The molecule has 0 bridgehead atoms. The lowest BCUT2D eigenvalue weighted by molar-refractivity contribution is -0.150. The lowest BCUT2D eigenvalue weighted by Gasteiger charge is -2.34. The number of carbonyl (C=O) groups is 2. The van der Waals surface area contributed by atoms with E-state index in [1.165, 1.54) is 0 Å². The van der Waals surface area contributed by atoms with Gasteiger partial charge in [0.2, 0.25) is 5.91 Å². The minimum atomic E-state index is -0.884. The fourth-order valence-electron chi connectivity index (χ4n) is 3.56. The van der Waals surface area contributed by atoms with Crippen molar-refractivity contribution in [3.8, 4) is 0 Å². The molecule has 1 saturated carbocycles. The van der Waals surface area contributed by atoms with Gasteiger partial charge in [-0.2, -0.15) is 11.8 Å². The average Bonchev–Trinajstić information content (AvgIpc) is 2.83. The number of carboxylic acid groups (broad SMARTS) is 1. The van der Waals surface area contributed by atoms with Crippen molar-refractivity contribution in [2.75, 3.05) is 12.0 Å². The van der Waals surface area contributed by atoms with Crippen molar-refractivity contribution in [3.05, 3.63) is 0 Å². The molecule has 2 aliphatic rings. The number of nitrogens with zero attached hydrogens (tertiary/aromatic N) is 1. The molecule has 4 atom stereocenters. The van der Waals surface area contributed by atoms with Gasteiger partial charge in [-0.25, -0.2) is 4.79 Å². The van der Waals surface area contributed by atoms with Crippen molar-refractivity contribution in [1.29, 1.82) is 0 Å². The predicted octanol–water partition coefficient (Wildman–Crippen LogP) is 1.31. The van der Waals surface area contributed by atoms with E-state index in [1.54, 1.807) is 16.7 Å². The second-order valence-electron chi connectivity index (χ2n) is 5.84. The number of thioether (sulfide) groups is 1. The third kappa shape index (κ3) is 3.11. The van der Waals surface area contributed by atoms with Gasteiger partial charge in [0.15, 0.2) is 0 Å². The summed E-state index contributed by atoms with van der Waals surface area (Å²) in [6.07, 6.45) is 7.38. The Morgan fingerprint density at radius 2 is 2.10 bits per heavy atom. The molecule has 2 fully saturated rings. The van der Waals surface area contributed by atoms with Gasteiger partial charge in [-0.3, -0.25) is 4.79 Å². The van der Waals surface area contributed by atoms with Crippen LogP contribution in [0.4, 0.5) is 0 Å². The maximum Gasteiger partial charge on any atom is 0.326 e. The Morgan fingerprint density at radius 1 is 1.40 bits per heavy atom. The van der Waals surface area contributed by atoms with Crippen LogP contribution in [0.1, 0.15) is 38.5 Å². The van der Waals surface area contributed by atoms with Crippen LogP contribution in [0.2, 0.25) is 0 Å². The molecule has 0 radical (unpaired) electrons. The van der Waals surface area contributed by atoms with Crippen LogP contribution in [-0.2, 0) is 9.59 Å². The average molecular weight is 300 g/mol. The van der Waals surface area contributed by atoms with Crippen LogP contribution >= 0.6 is 11.8 Å². The van der Waals surface area contributed by atoms with Gasteiger partial charge in [0.25, 0.3) is 0 Å². The van der Waals surface area contributed by atoms with E-state index in [1.807, 2.05) is 6.26 Å². The summed E-state index contributed by atoms with van der Waals surface area (Å²) < 4.78 is 0. The highest BCUT2D eigenvalue weighted by atomic mass is 32.2. The third-order valence-corrected chi connectivity index (χ3v) is 5.22. The van der Waals surface area contributed by atoms with Gasteiger partial charge in [-0.1, -0.05) is 12.8 Å². The third-order valence-electron chi connectivity index (χ3n) is 4.58. The topological polar surface area (TPSA) is 83.6 Å². The largest absolute Gasteiger partial charge is 0.480 e. The molecule has 0 aromatic rings. The number of rotatable bonds is 5. The van der Waals surface area contributed by atoms with Crippen LogP contribution < -0.4 is 5.73 Å². The number of fused-ring (bicyclic) bond motifs is 1. The second kappa shape index (κ2) is 6.80. The Kier molecular flexibility index (Phi) is 5.32. The summed E-state index contributed by atoms with van der Waals surface area (Å²) in [5, 5.41) is 9.40. The molecule has 114 valence electrons. The van der Waals surface area contributed by atoms with Crippen molar-refractivity contribution in [1.82, 2.24) is 4.90 Å². The summed E-state index contributed by atoms with van der Waals surface area (Å²) in [7, 11) is 0. The van der Waals surface area contributed by atoms with E-state index in [9.17, 15) is 14.7 Å². The molecule has 1 saturated heterocycles. The Bertz CT molecular complexity index is 377. The maximum absolute atomic E-state index is 12.5. The molecule has 0 aromatic carbocycles. The van der Waals surface area contributed by atoms with Crippen molar-refractivity contribution in [3.63, 3.8) is 0 Å². The predicted molar refractivity (Wildman–Crippen MR) is 79.6 cm³/mol. The number of hydrogen-bond acceptors (Lipinski definition) is 4. The number of amides is 1. The van der Waals surface area contributed by atoms with E-state index in [4.69, 9.17) is 5.73 Å². The Hall–Kier alpha value is -0.750. The Balaban J connectivity index is 2.12. The fourth-order valence-corrected chi connectivity index (χ4v) is 4.05. The van der Waals surface area contributed by atoms with Crippen molar-refractivity contribution >= 4 is 23.6 Å². The van der Waals surface area contributed by atoms with Crippen LogP contribution in [-0.4, -0.2) is 52.0 Å². The molecule has 3 unspecified atom stereocenters. The van der Waals surface area contributed by atoms with Gasteiger partial charge < -0.3 is 15.7 Å². The van der Waals surface area contributed by atoms with E-state index in [0.717, 1.165) is 31.4 Å². The Morgan fingerprint density at radius 3 is 2.75 bits per heavy atom. The summed E-state index contributed by atoms with van der Waals surface area (Å²) in [6, 6.07) is -1.14. The first-order valence-electron chi connectivity index (χ1n) is 7.35. The minimum Gasteiger partial charge on any atom is -0.480 e. The Labute approximate surface area is 124 Å². The molecular formula is C14H24N2O3S. The molecule has 3 N–H and O–H groups in total. The second-order valence-corrected chi connectivity index (χ2v) is 6.82. The highest BCUT2D eigenvalue weighted by Gasteiger charge is 2.48. The zero-order chi connectivity index (χ0) is 14.7. The van der Waals surface area contributed by atoms with E-state index < -0.39 is 18.1 Å². The summed E-state index contributed by atoms with van der Waals surface area (Å²) in [4.78, 5) is 25.6. The zero-order valence-electron chi connectivity index (χ0n) is 12.0. The molecule has 5 nitrogen and oxygen atoms in total. The molecule has 6 heteroatoms. The van der Waals surface area contributed by atoms with E-state index in [2.05, 4.69) is 0 Å². The molecule has 1 aliphatic heterocycles. The minimum absolute atomic E-state index is 0.0951. The SMILES string of the molecule is CSCC[C@@H](N)C(=O)N1C(C(=O)O)CC2CCCCC21. The molecule has 2 rings (SSSR count). The summed E-state index contributed by atoms with van der Waals surface area (Å²) in [5.74, 6) is 0.124. The fraction of sp³-hybridized carbons (Fsp3) is 0.857. The maximum atomic E-state index is 12.5. The lowest BCUT2D eigenvalue weighted by Crippen LogP contribution is -2.52.